The van der Waals surface area contributed by atoms with Gasteiger partial charge in [0.15, 0.2) is 12.1 Å². The van der Waals surface area contributed by atoms with Gasteiger partial charge in [-0.2, -0.15) is 0 Å². The molecule has 0 atom stereocenters. The summed E-state index contributed by atoms with van der Waals surface area (Å²) < 4.78 is 39.4. The van der Waals surface area contributed by atoms with E-state index in [0.717, 1.165) is 18.2 Å². The van der Waals surface area contributed by atoms with E-state index in [9.17, 15) is 22.8 Å². The van der Waals surface area contributed by atoms with Crippen molar-refractivity contribution in [2.24, 2.45) is 0 Å². The summed E-state index contributed by atoms with van der Waals surface area (Å²) in [4.78, 5) is 21.9. The number of ether oxygens (including phenoxy) is 1. The molecule has 17 heavy (non-hydrogen) atoms. The van der Waals surface area contributed by atoms with Crippen LogP contribution < -0.4 is 4.74 Å². The highest BCUT2D eigenvalue weighted by molar-refractivity contribution is 6.31. The molecule has 1 aromatic rings. The first-order valence-electron chi connectivity index (χ1n) is 4.31. The molecule has 0 radical (unpaired) electrons. The van der Waals surface area contributed by atoms with E-state index < -0.39 is 23.8 Å². The van der Waals surface area contributed by atoms with E-state index in [1.165, 1.54) is 0 Å². The minimum atomic E-state index is -4.86. The first kappa shape index (κ1) is 13.5. The molecule has 0 aromatic heterocycles. The summed E-state index contributed by atoms with van der Waals surface area (Å²) in [5.41, 5.74) is -0.234. The predicted octanol–water partition coefficient (Wildman–Crippen LogP) is 2.82. The maximum Gasteiger partial charge on any atom is 0.573 e. The lowest BCUT2D eigenvalue weighted by Crippen LogP contribution is -2.17. The minimum Gasteiger partial charge on any atom is -0.406 e. The van der Waals surface area contributed by atoms with E-state index in [-0.39, 0.29) is 11.1 Å². The number of benzene rings is 1. The molecule has 7 heteroatoms. The Bertz CT molecular complexity index is 443. The lowest BCUT2D eigenvalue weighted by atomic mass is 10.1. The number of ketones is 1. The Morgan fingerprint density at radius 1 is 1.41 bits per heavy atom. The van der Waals surface area contributed by atoms with Gasteiger partial charge in [-0.3, -0.25) is 9.59 Å². The second-order valence-corrected chi connectivity index (χ2v) is 3.24. The van der Waals surface area contributed by atoms with Crippen LogP contribution in [0.25, 0.3) is 0 Å². The van der Waals surface area contributed by atoms with Gasteiger partial charge in [0, 0.05) is 11.1 Å². The summed E-state index contributed by atoms with van der Waals surface area (Å²) >= 11 is 5.27. The van der Waals surface area contributed by atoms with Crippen molar-refractivity contribution in [3.05, 3.63) is 29.3 Å². The number of hydrogen-bond donors (Lipinski definition) is 0. The number of halogens is 4. The van der Waals surface area contributed by atoms with Crippen LogP contribution in [0, 0.1) is 0 Å². The van der Waals surface area contributed by atoms with Gasteiger partial charge in [0.05, 0.1) is 5.88 Å². The van der Waals surface area contributed by atoms with Crippen LogP contribution in [0.1, 0.15) is 20.7 Å². The number of rotatable bonds is 4. The summed E-state index contributed by atoms with van der Waals surface area (Å²) in [7, 11) is 0. The zero-order chi connectivity index (χ0) is 13.1. The maximum atomic E-state index is 11.9. The molecule has 0 aliphatic rings. The highest BCUT2D eigenvalue weighted by atomic mass is 35.5. The molecule has 0 aliphatic heterocycles. The van der Waals surface area contributed by atoms with Gasteiger partial charge in [0.1, 0.15) is 5.75 Å². The molecule has 92 valence electrons. The first-order valence-corrected chi connectivity index (χ1v) is 4.85. The fourth-order valence-electron chi connectivity index (χ4n) is 1.15. The van der Waals surface area contributed by atoms with Crippen molar-refractivity contribution < 1.29 is 27.5 Å². The molecule has 0 heterocycles. The fraction of sp³-hybridized carbons (Fsp3) is 0.200. The largest absolute Gasteiger partial charge is 0.573 e. The maximum absolute atomic E-state index is 11.9. The summed E-state index contributed by atoms with van der Waals surface area (Å²) in [5.74, 6) is -1.66. The van der Waals surface area contributed by atoms with Gasteiger partial charge in [-0.15, -0.1) is 24.8 Å². The van der Waals surface area contributed by atoms with E-state index in [0.29, 0.717) is 6.29 Å². The normalized spacial score (nSPS) is 11.1. The Kier molecular flexibility index (Phi) is 4.11. The Morgan fingerprint density at radius 2 is 2.06 bits per heavy atom. The Morgan fingerprint density at radius 3 is 2.53 bits per heavy atom. The molecular formula is C10H6ClF3O3. The molecule has 0 fully saturated rings. The van der Waals surface area contributed by atoms with E-state index >= 15 is 0 Å². The third-order valence-electron chi connectivity index (χ3n) is 1.81. The Balaban J connectivity index is 3.13. The van der Waals surface area contributed by atoms with Gasteiger partial charge in [-0.1, -0.05) is 0 Å². The van der Waals surface area contributed by atoms with Crippen molar-refractivity contribution in [2.75, 3.05) is 5.88 Å². The third kappa shape index (κ3) is 3.74. The molecule has 3 nitrogen and oxygen atoms in total. The Labute approximate surface area is 99.1 Å². The van der Waals surface area contributed by atoms with E-state index in [4.69, 9.17) is 11.6 Å². The molecule has 0 aliphatic carbocycles. The van der Waals surface area contributed by atoms with Crippen LogP contribution in [0.4, 0.5) is 13.2 Å². The van der Waals surface area contributed by atoms with E-state index in [2.05, 4.69) is 4.74 Å². The summed E-state index contributed by atoms with van der Waals surface area (Å²) in [6.45, 7) is 0. The molecule has 0 spiro atoms. The van der Waals surface area contributed by atoms with Crippen molar-refractivity contribution in [1.29, 1.82) is 0 Å². The molecule has 0 unspecified atom stereocenters. The van der Waals surface area contributed by atoms with Crippen LogP contribution in [0.3, 0.4) is 0 Å². The van der Waals surface area contributed by atoms with Crippen LogP contribution in [0.5, 0.6) is 5.75 Å². The average molecular weight is 267 g/mol. The molecule has 0 N–H and O–H groups in total. The van der Waals surface area contributed by atoms with E-state index in [1.807, 2.05) is 0 Å². The molecular weight excluding hydrogens is 261 g/mol. The lowest BCUT2D eigenvalue weighted by molar-refractivity contribution is -0.274. The summed E-state index contributed by atoms with van der Waals surface area (Å²) in [6, 6.07) is 2.85. The monoisotopic (exact) mass is 266 g/mol. The third-order valence-corrected chi connectivity index (χ3v) is 2.05. The highest BCUT2D eigenvalue weighted by Crippen LogP contribution is 2.25. The van der Waals surface area contributed by atoms with Crippen molar-refractivity contribution >= 4 is 23.7 Å². The molecule has 1 aromatic carbocycles. The van der Waals surface area contributed by atoms with Crippen molar-refractivity contribution in [1.82, 2.24) is 0 Å². The van der Waals surface area contributed by atoms with Gasteiger partial charge in [0.25, 0.3) is 0 Å². The highest BCUT2D eigenvalue weighted by Gasteiger charge is 2.31. The second kappa shape index (κ2) is 5.18. The van der Waals surface area contributed by atoms with Crippen molar-refractivity contribution in [3.63, 3.8) is 0 Å². The molecule has 0 saturated carbocycles. The molecule has 0 amide bonds. The predicted molar refractivity (Wildman–Crippen MR) is 53.6 cm³/mol. The van der Waals surface area contributed by atoms with Crippen LogP contribution in [0.2, 0.25) is 0 Å². The van der Waals surface area contributed by atoms with Crippen LogP contribution in [-0.4, -0.2) is 24.3 Å². The Hall–Kier alpha value is -1.56. The minimum absolute atomic E-state index is 0.0369. The number of aldehydes is 1. The SMILES string of the molecule is O=Cc1ccc(OC(F)(F)F)cc1C(=O)CCl. The van der Waals surface area contributed by atoms with E-state index in [1.54, 1.807) is 0 Å². The number of carbonyl (C=O) groups is 2. The topological polar surface area (TPSA) is 43.4 Å². The van der Waals surface area contributed by atoms with Crippen LogP contribution >= 0.6 is 11.6 Å². The first-order chi connectivity index (χ1) is 7.87. The molecule has 0 saturated heterocycles. The van der Waals surface area contributed by atoms with Crippen molar-refractivity contribution in [2.45, 2.75) is 6.36 Å². The molecule has 0 bridgehead atoms. The van der Waals surface area contributed by atoms with Gasteiger partial charge < -0.3 is 4.74 Å². The number of alkyl halides is 4. The number of Topliss-reactive ketones (excluding diaryl/α,β-unsaturated/α-hetero) is 1. The van der Waals surface area contributed by atoms with Gasteiger partial charge in [-0.25, -0.2) is 0 Å². The van der Waals surface area contributed by atoms with Crippen molar-refractivity contribution in [3.8, 4) is 5.75 Å². The summed E-state index contributed by atoms with van der Waals surface area (Å²) in [6.07, 6.45) is -4.50. The second-order valence-electron chi connectivity index (χ2n) is 2.97. The average Bonchev–Trinajstić information content (AvgIpc) is 2.25. The number of carbonyl (C=O) groups excluding carboxylic acids is 2. The van der Waals surface area contributed by atoms with Gasteiger partial charge >= 0.3 is 6.36 Å². The summed E-state index contributed by atoms with van der Waals surface area (Å²) in [5, 5.41) is 0. The smallest absolute Gasteiger partial charge is 0.406 e. The van der Waals surface area contributed by atoms with Crippen LogP contribution in [0.15, 0.2) is 18.2 Å². The quantitative estimate of drug-likeness (QED) is 0.478. The van der Waals surface area contributed by atoms with Crippen LogP contribution in [-0.2, 0) is 0 Å². The number of hydrogen-bond acceptors (Lipinski definition) is 3. The zero-order valence-electron chi connectivity index (χ0n) is 8.25. The van der Waals surface area contributed by atoms with Gasteiger partial charge in [-0.05, 0) is 18.2 Å². The standard InChI is InChI=1S/C10H6ClF3O3/c11-4-9(16)8-3-7(17-10(12,13)14)2-1-6(8)5-15/h1-3,5H,4H2. The zero-order valence-corrected chi connectivity index (χ0v) is 9.01. The lowest BCUT2D eigenvalue weighted by Gasteiger charge is -2.10. The fourth-order valence-corrected chi connectivity index (χ4v) is 1.29. The molecule has 1 rings (SSSR count). The van der Waals surface area contributed by atoms with Gasteiger partial charge in [0.2, 0.25) is 0 Å².